The smallest absolute Gasteiger partial charge is 0.213 e. The van der Waals surface area contributed by atoms with Crippen molar-refractivity contribution in [1.82, 2.24) is 5.48 Å². The molecule has 1 aliphatic carbocycles. The van der Waals surface area contributed by atoms with Crippen LogP contribution >= 0.6 is 0 Å². The van der Waals surface area contributed by atoms with Gasteiger partial charge < -0.3 is 20.1 Å². The Labute approximate surface area is 108 Å². The van der Waals surface area contributed by atoms with Crippen LogP contribution in [0.15, 0.2) is 0 Å². The molecule has 0 aromatic carbocycles. The van der Waals surface area contributed by atoms with Gasteiger partial charge in [-0.15, -0.1) is 0 Å². The molecule has 2 rings (SSSR count). The number of aliphatic hydroxyl groups is 1. The molecule has 106 valence electrons. The summed E-state index contributed by atoms with van der Waals surface area (Å²) in [6, 6.07) is 0.118. The Kier molecular flexibility index (Phi) is 3.70. The fourth-order valence-electron chi connectivity index (χ4n) is 2.29. The van der Waals surface area contributed by atoms with Crippen molar-refractivity contribution in [3.8, 4) is 0 Å². The van der Waals surface area contributed by atoms with Gasteiger partial charge in [-0.3, -0.25) is 0 Å². The van der Waals surface area contributed by atoms with E-state index in [-0.39, 0.29) is 23.3 Å². The third kappa shape index (κ3) is 3.01. The SMILES string of the molecule is C[NH+]([O-])C(C)(C)ONC1CCC(C)(O)C2OC2C1. The van der Waals surface area contributed by atoms with E-state index in [1.807, 2.05) is 6.92 Å². The van der Waals surface area contributed by atoms with Gasteiger partial charge in [0.1, 0.15) is 6.10 Å². The second-order valence-corrected chi connectivity index (χ2v) is 6.21. The molecule has 6 nitrogen and oxygen atoms in total. The second kappa shape index (κ2) is 4.70. The Morgan fingerprint density at radius 1 is 1.56 bits per heavy atom. The lowest BCUT2D eigenvalue weighted by Crippen LogP contribution is -3.13. The fraction of sp³-hybridized carbons (Fsp3) is 1.00. The van der Waals surface area contributed by atoms with Crippen molar-refractivity contribution in [2.24, 2.45) is 0 Å². The van der Waals surface area contributed by atoms with E-state index in [1.54, 1.807) is 13.8 Å². The van der Waals surface area contributed by atoms with E-state index in [0.29, 0.717) is 6.42 Å². The van der Waals surface area contributed by atoms with Crippen LogP contribution in [0.1, 0.15) is 40.0 Å². The Hall–Kier alpha value is -0.240. The molecule has 1 saturated heterocycles. The lowest BCUT2D eigenvalue weighted by atomic mass is 9.97. The number of hydrogen-bond acceptors (Lipinski definition) is 5. The molecule has 1 heterocycles. The Morgan fingerprint density at radius 2 is 2.22 bits per heavy atom. The molecule has 1 saturated carbocycles. The minimum Gasteiger partial charge on any atom is -0.632 e. The van der Waals surface area contributed by atoms with Crippen molar-refractivity contribution in [2.75, 3.05) is 7.05 Å². The van der Waals surface area contributed by atoms with Crippen LogP contribution in [0.5, 0.6) is 0 Å². The molecule has 6 heteroatoms. The van der Waals surface area contributed by atoms with Crippen LogP contribution < -0.4 is 10.5 Å². The summed E-state index contributed by atoms with van der Waals surface area (Å²) in [4.78, 5) is 5.48. The number of epoxide rings is 1. The van der Waals surface area contributed by atoms with Crippen molar-refractivity contribution >= 4 is 0 Å². The van der Waals surface area contributed by atoms with Crippen LogP contribution in [0.25, 0.3) is 0 Å². The van der Waals surface area contributed by atoms with Crippen LogP contribution in [0, 0.1) is 5.21 Å². The van der Waals surface area contributed by atoms with Crippen molar-refractivity contribution < 1.29 is 19.7 Å². The van der Waals surface area contributed by atoms with Crippen LogP contribution in [-0.4, -0.2) is 41.7 Å². The molecule has 0 aromatic rings. The van der Waals surface area contributed by atoms with Gasteiger partial charge in [0.25, 0.3) is 0 Å². The highest BCUT2D eigenvalue weighted by Gasteiger charge is 2.53. The summed E-state index contributed by atoms with van der Waals surface area (Å²) < 4.78 is 5.47. The highest BCUT2D eigenvalue weighted by molar-refractivity contribution is 5.03. The second-order valence-electron chi connectivity index (χ2n) is 6.21. The van der Waals surface area contributed by atoms with E-state index >= 15 is 0 Å². The molecule has 0 radical (unpaired) electrons. The van der Waals surface area contributed by atoms with E-state index in [9.17, 15) is 10.3 Å². The summed E-state index contributed by atoms with van der Waals surface area (Å²) in [5.41, 5.74) is 1.41. The standard InChI is InChI=1S/C12H24N2O4/c1-11(2,14(4)16)18-13-8-5-6-12(3,15)10-9(7-8)17-10/h8-10,13-15H,5-7H2,1-4H3. The summed E-state index contributed by atoms with van der Waals surface area (Å²) in [5.74, 6) is 0. The number of fused-ring (bicyclic) bond motifs is 1. The van der Waals surface area contributed by atoms with Gasteiger partial charge in [-0.1, -0.05) is 0 Å². The molecule has 0 spiro atoms. The maximum atomic E-state index is 11.4. The highest BCUT2D eigenvalue weighted by Crippen LogP contribution is 2.41. The Balaban J connectivity index is 1.84. The molecule has 3 N–H and O–H groups in total. The first-order valence-corrected chi connectivity index (χ1v) is 6.55. The van der Waals surface area contributed by atoms with Crippen LogP contribution in [0.4, 0.5) is 0 Å². The van der Waals surface area contributed by atoms with Crippen molar-refractivity contribution in [1.29, 1.82) is 0 Å². The number of hydroxylamine groups is 3. The van der Waals surface area contributed by atoms with Gasteiger partial charge in [-0.25, -0.2) is 4.84 Å². The number of quaternary nitrogens is 1. The molecule has 1 aliphatic heterocycles. The zero-order valence-electron chi connectivity index (χ0n) is 11.5. The maximum Gasteiger partial charge on any atom is 0.213 e. The van der Waals surface area contributed by atoms with Crippen molar-refractivity contribution in [2.45, 2.75) is 69.6 Å². The first kappa shape index (κ1) is 14.2. The van der Waals surface area contributed by atoms with E-state index in [0.717, 1.165) is 12.8 Å². The monoisotopic (exact) mass is 260 g/mol. The summed E-state index contributed by atoms with van der Waals surface area (Å²) >= 11 is 0. The lowest BCUT2D eigenvalue weighted by Gasteiger charge is -2.35. The zero-order valence-corrected chi connectivity index (χ0v) is 11.5. The Bertz CT molecular complexity index is 306. The van der Waals surface area contributed by atoms with E-state index in [2.05, 4.69) is 5.48 Å². The van der Waals surface area contributed by atoms with Crippen molar-refractivity contribution in [3.05, 3.63) is 5.21 Å². The summed E-state index contributed by atoms with van der Waals surface area (Å²) in [6.07, 6.45) is 2.39. The van der Waals surface area contributed by atoms with Crippen LogP contribution in [0.3, 0.4) is 0 Å². The van der Waals surface area contributed by atoms with Gasteiger partial charge in [0.05, 0.1) is 18.8 Å². The predicted octanol–water partition coefficient (Wildman–Crippen LogP) is -0.673. The largest absolute Gasteiger partial charge is 0.632 e. The molecule has 0 bridgehead atoms. The summed E-state index contributed by atoms with van der Waals surface area (Å²) in [7, 11) is 1.51. The van der Waals surface area contributed by atoms with Gasteiger partial charge in [-0.2, -0.15) is 5.48 Å². The normalized spacial score (nSPS) is 42.0. The molecule has 5 atom stereocenters. The highest BCUT2D eigenvalue weighted by atomic mass is 16.7. The number of hydrogen-bond donors (Lipinski definition) is 3. The molecule has 2 aliphatic rings. The first-order valence-electron chi connectivity index (χ1n) is 6.55. The van der Waals surface area contributed by atoms with E-state index in [4.69, 9.17) is 9.57 Å². The third-order valence-corrected chi connectivity index (χ3v) is 4.04. The minimum atomic E-state index is -0.821. The van der Waals surface area contributed by atoms with Gasteiger partial charge in [0.2, 0.25) is 5.72 Å². The molecule has 0 amide bonds. The lowest BCUT2D eigenvalue weighted by molar-refractivity contribution is -0.914. The number of nitrogens with one attached hydrogen (secondary N) is 2. The average molecular weight is 260 g/mol. The maximum absolute atomic E-state index is 11.4. The Morgan fingerprint density at radius 3 is 2.83 bits per heavy atom. The first-order chi connectivity index (χ1) is 8.22. The molecular weight excluding hydrogens is 236 g/mol. The fourth-order valence-corrected chi connectivity index (χ4v) is 2.29. The molecular formula is C12H24N2O4. The van der Waals surface area contributed by atoms with Crippen LogP contribution in [-0.2, 0) is 9.57 Å². The van der Waals surface area contributed by atoms with Gasteiger partial charge in [0.15, 0.2) is 0 Å². The molecule has 2 fully saturated rings. The van der Waals surface area contributed by atoms with Gasteiger partial charge in [0, 0.05) is 19.9 Å². The predicted molar refractivity (Wildman–Crippen MR) is 65.5 cm³/mol. The van der Waals surface area contributed by atoms with Gasteiger partial charge in [-0.05, 0) is 26.2 Å². The molecule has 5 unspecified atom stereocenters. The number of rotatable bonds is 4. The number of ether oxygens (including phenoxy) is 1. The molecule has 0 aromatic heterocycles. The topological polar surface area (TPSA) is 81.5 Å². The summed E-state index contributed by atoms with van der Waals surface area (Å²) in [5, 5.41) is 21.5. The zero-order chi connectivity index (χ0) is 13.6. The van der Waals surface area contributed by atoms with Crippen molar-refractivity contribution in [3.63, 3.8) is 0 Å². The van der Waals surface area contributed by atoms with E-state index < -0.39 is 11.3 Å². The minimum absolute atomic E-state index is 0.0174. The van der Waals surface area contributed by atoms with Crippen LogP contribution in [0.2, 0.25) is 0 Å². The quantitative estimate of drug-likeness (QED) is 0.355. The summed E-state index contributed by atoms with van der Waals surface area (Å²) in [6.45, 7) is 5.30. The average Bonchev–Trinajstić information content (AvgIpc) is 3.01. The third-order valence-electron chi connectivity index (χ3n) is 4.04. The van der Waals surface area contributed by atoms with E-state index in [1.165, 1.54) is 7.05 Å². The molecule has 18 heavy (non-hydrogen) atoms. The van der Waals surface area contributed by atoms with Gasteiger partial charge >= 0.3 is 0 Å².